The van der Waals surface area contributed by atoms with Crippen molar-refractivity contribution >= 4 is 24.1 Å². The maximum atomic E-state index is 13.2. The summed E-state index contributed by atoms with van der Waals surface area (Å²) in [4.78, 5) is 50.5. The molecule has 0 aliphatic rings. The molecule has 0 aliphatic heterocycles. The maximum Gasteiger partial charge on any atom is 0.407 e. The Kier molecular flexibility index (Phi) is 22.2. The smallest absolute Gasteiger partial charge is 0.407 e. The Morgan fingerprint density at radius 3 is 1.43 bits per heavy atom. The summed E-state index contributed by atoms with van der Waals surface area (Å²) in [5, 5.41) is 5.22. The van der Waals surface area contributed by atoms with Crippen LogP contribution in [-0.4, -0.2) is 114 Å². The van der Waals surface area contributed by atoms with Crippen LogP contribution in [0.1, 0.15) is 123 Å². The van der Waals surface area contributed by atoms with E-state index in [9.17, 15) is 19.2 Å². The second kappa shape index (κ2) is 23.4. The van der Waals surface area contributed by atoms with E-state index in [-0.39, 0.29) is 75.8 Å². The van der Waals surface area contributed by atoms with Gasteiger partial charge in [0.05, 0.1) is 68.3 Å². The summed E-state index contributed by atoms with van der Waals surface area (Å²) < 4.78 is 44.3. The number of carbonyl (C=O) groups is 4. The SMILES string of the molecule is CC(C)(C)CC(C)(C)C(=O)OC[C@H](COC(=O)NCCOCCOCCNC(=O)OCCC(C)(C)OCCOC(C)(C)C)OC(=O)C(C)(C)CC(C)(C)C. The average Bonchev–Trinajstić information content (AvgIpc) is 2.98. The average molecular weight is 777 g/mol. The predicted molar refractivity (Wildman–Crippen MR) is 207 cm³/mol. The molecular weight excluding hydrogens is 700 g/mol. The zero-order chi connectivity index (χ0) is 41.9. The van der Waals surface area contributed by atoms with Crippen molar-refractivity contribution in [3.05, 3.63) is 0 Å². The van der Waals surface area contributed by atoms with Gasteiger partial charge in [-0.25, -0.2) is 9.59 Å². The Balaban J connectivity index is 4.45. The number of hydrogen-bond donors (Lipinski definition) is 2. The number of esters is 2. The summed E-state index contributed by atoms with van der Waals surface area (Å²) in [6.45, 7) is 31.4. The molecule has 0 radical (unpaired) electrons. The lowest BCUT2D eigenvalue weighted by molar-refractivity contribution is -0.173. The molecule has 0 aliphatic carbocycles. The van der Waals surface area contributed by atoms with Gasteiger partial charge in [-0.2, -0.15) is 0 Å². The molecule has 0 aromatic carbocycles. The monoisotopic (exact) mass is 777 g/mol. The lowest BCUT2D eigenvalue weighted by Crippen LogP contribution is -2.40. The van der Waals surface area contributed by atoms with Crippen LogP contribution in [0.2, 0.25) is 0 Å². The van der Waals surface area contributed by atoms with E-state index in [0.717, 1.165) is 0 Å². The zero-order valence-corrected chi connectivity index (χ0v) is 36.4. The van der Waals surface area contributed by atoms with Crippen molar-refractivity contribution in [3.63, 3.8) is 0 Å². The van der Waals surface area contributed by atoms with Gasteiger partial charge in [0.25, 0.3) is 0 Å². The Labute approximate surface area is 326 Å². The van der Waals surface area contributed by atoms with Gasteiger partial charge in [0.1, 0.15) is 13.2 Å². The van der Waals surface area contributed by atoms with E-state index in [4.69, 9.17) is 37.9 Å². The predicted octanol–water partition coefficient (Wildman–Crippen LogP) is 6.85. The number of rotatable bonds is 25. The third-order valence-electron chi connectivity index (χ3n) is 7.58. The molecule has 0 unspecified atom stereocenters. The second-order valence-electron chi connectivity index (χ2n) is 19.0. The molecule has 2 N–H and O–H groups in total. The van der Waals surface area contributed by atoms with Crippen LogP contribution in [0.5, 0.6) is 0 Å². The highest BCUT2D eigenvalue weighted by atomic mass is 16.6. The minimum Gasteiger partial charge on any atom is -0.461 e. The second-order valence-corrected chi connectivity index (χ2v) is 19.0. The van der Waals surface area contributed by atoms with Crippen LogP contribution in [0.15, 0.2) is 0 Å². The molecule has 0 saturated carbocycles. The van der Waals surface area contributed by atoms with Crippen molar-refractivity contribution in [2.24, 2.45) is 21.7 Å². The lowest BCUT2D eigenvalue weighted by Gasteiger charge is -2.33. The van der Waals surface area contributed by atoms with Crippen molar-refractivity contribution in [1.82, 2.24) is 10.6 Å². The quantitative estimate of drug-likeness (QED) is 0.0563. The minimum atomic E-state index is -0.988. The molecule has 0 rings (SSSR count). The largest absolute Gasteiger partial charge is 0.461 e. The third kappa shape index (κ3) is 27.8. The molecule has 0 aromatic heterocycles. The first-order chi connectivity index (χ1) is 24.5. The van der Waals surface area contributed by atoms with Gasteiger partial charge in [-0.15, -0.1) is 0 Å². The highest BCUT2D eigenvalue weighted by Gasteiger charge is 2.38. The molecule has 1 atom stereocenters. The maximum absolute atomic E-state index is 13.2. The first-order valence-corrected chi connectivity index (χ1v) is 19.2. The highest BCUT2D eigenvalue weighted by Crippen LogP contribution is 2.35. The van der Waals surface area contributed by atoms with Crippen LogP contribution >= 0.6 is 0 Å². The number of nitrogens with one attached hydrogen (secondary N) is 2. The van der Waals surface area contributed by atoms with Gasteiger partial charge in [0.2, 0.25) is 0 Å². The summed E-state index contributed by atoms with van der Waals surface area (Å²) in [7, 11) is 0. The molecule has 0 aromatic rings. The van der Waals surface area contributed by atoms with Crippen molar-refractivity contribution in [2.75, 3.05) is 72.6 Å². The Hall–Kier alpha value is -2.68. The molecule has 0 spiro atoms. The van der Waals surface area contributed by atoms with Crippen LogP contribution in [0, 0.1) is 21.7 Å². The summed E-state index contributed by atoms with van der Waals surface area (Å²) in [5.41, 5.74) is -2.47. The van der Waals surface area contributed by atoms with Crippen LogP contribution in [0.25, 0.3) is 0 Å². The zero-order valence-electron chi connectivity index (χ0n) is 36.4. The first-order valence-electron chi connectivity index (χ1n) is 19.2. The van der Waals surface area contributed by atoms with Gasteiger partial charge >= 0.3 is 24.1 Å². The van der Waals surface area contributed by atoms with Crippen molar-refractivity contribution in [3.8, 4) is 0 Å². The Bertz CT molecular complexity index is 1120. The van der Waals surface area contributed by atoms with E-state index >= 15 is 0 Å². The molecule has 0 bridgehead atoms. The molecule has 318 valence electrons. The van der Waals surface area contributed by atoms with E-state index < -0.39 is 46.7 Å². The normalized spacial score (nSPS) is 13.5. The van der Waals surface area contributed by atoms with Gasteiger partial charge in [0, 0.05) is 19.5 Å². The van der Waals surface area contributed by atoms with Crippen molar-refractivity contribution < 1.29 is 57.1 Å². The number of alkyl carbamates (subject to hydrolysis) is 2. The molecule has 0 fully saturated rings. The standard InChI is InChI=1S/C40H76N2O12/c1-35(2,3)28-38(10,11)31(43)50-26-30(54-32(44)39(12,13)29-36(4,5)6)27-51-34(46)42-18-21-48-23-22-47-20-17-41-33(45)49-19-16-40(14,15)53-25-24-52-37(7,8)9/h30H,16-29H2,1-15H3,(H,41,45)(H,42,46)/t30-/m1/s1. The van der Waals surface area contributed by atoms with Crippen molar-refractivity contribution in [2.45, 2.75) is 140 Å². The lowest BCUT2D eigenvalue weighted by atomic mass is 9.76. The number of amides is 2. The molecule has 54 heavy (non-hydrogen) atoms. The van der Waals surface area contributed by atoms with E-state index in [2.05, 4.69) is 10.6 Å². The molecule has 0 heterocycles. The Morgan fingerprint density at radius 2 is 0.944 bits per heavy atom. The Morgan fingerprint density at radius 1 is 0.500 bits per heavy atom. The third-order valence-corrected chi connectivity index (χ3v) is 7.58. The molecule has 14 nitrogen and oxygen atoms in total. The minimum absolute atomic E-state index is 0.101. The van der Waals surface area contributed by atoms with Crippen LogP contribution < -0.4 is 10.6 Å². The summed E-state index contributed by atoms with van der Waals surface area (Å²) in [5.74, 6) is -0.894. The fourth-order valence-electron chi connectivity index (χ4n) is 5.76. The number of hydrogen-bond acceptors (Lipinski definition) is 12. The van der Waals surface area contributed by atoms with E-state index in [1.54, 1.807) is 13.8 Å². The van der Waals surface area contributed by atoms with Crippen LogP contribution in [0.4, 0.5) is 9.59 Å². The number of ether oxygens (including phenoxy) is 8. The van der Waals surface area contributed by atoms with Gasteiger partial charge in [0.15, 0.2) is 6.10 Å². The van der Waals surface area contributed by atoms with E-state index in [1.165, 1.54) is 0 Å². The molecule has 14 heteroatoms. The molecule has 0 saturated heterocycles. The van der Waals surface area contributed by atoms with Gasteiger partial charge in [-0.05, 0) is 86.0 Å². The summed E-state index contributed by atoms with van der Waals surface area (Å²) >= 11 is 0. The summed E-state index contributed by atoms with van der Waals surface area (Å²) in [6.07, 6.45) is -0.562. The van der Waals surface area contributed by atoms with Gasteiger partial charge < -0.3 is 48.5 Å². The fourth-order valence-corrected chi connectivity index (χ4v) is 5.76. The summed E-state index contributed by atoms with van der Waals surface area (Å²) in [6, 6.07) is 0. The number of carbonyl (C=O) groups excluding carboxylic acids is 4. The van der Waals surface area contributed by atoms with Crippen molar-refractivity contribution in [1.29, 1.82) is 0 Å². The van der Waals surface area contributed by atoms with Crippen LogP contribution in [-0.2, 0) is 47.5 Å². The highest BCUT2D eigenvalue weighted by molar-refractivity contribution is 5.77. The van der Waals surface area contributed by atoms with Gasteiger partial charge in [-0.3, -0.25) is 9.59 Å². The van der Waals surface area contributed by atoms with Gasteiger partial charge in [-0.1, -0.05) is 41.5 Å². The molecule has 2 amide bonds. The van der Waals surface area contributed by atoms with E-state index in [1.807, 2.05) is 90.0 Å². The molecular formula is C40H76N2O12. The van der Waals surface area contributed by atoms with E-state index in [0.29, 0.717) is 32.5 Å². The fraction of sp³-hybridized carbons (Fsp3) is 0.900. The first kappa shape index (κ1) is 51.3. The van der Waals surface area contributed by atoms with Crippen LogP contribution in [0.3, 0.4) is 0 Å². The topological polar surface area (TPSA) is 166 Å².